The van der Waals surface area contributed by atoms with E-state index in [-0.39, 0.29) is 0 Å². The first-order valence-electron chi connectivity index (χ1n) is 6.52. The predicted molar refractivity (Wildman–Crippen MR) is 81.7 cm³/mol. The number of fused-ring (bicyclic) bond motifs is 2. The summed E-state index contributed by atoms with van der Waals surface area (Å²) in [6, 6.07) is 12.3. The molecule has 2 aromatic heterocycles. The van der Waals surface area contributed by atoms with Gasteiger partial charge in [-0.25, -0.2) is 9.97 Å². The van der Waals surface area contributed by atoms with Crippen LogP contribution in [0.15, 0.2) is 49.1 Å². The number of nitrogens with one attached hydrogen (secondary N) is 2. The second kappa shape index (κ2) is 5.17. The van der Waals surface area contributed by atoms with E-state index < -0.39 is 0 Å². The lowest BCUT2D eigenvalue weighted by Crippen LogP contribution is -1.71. The standard InChI is InChI=1S/2C8H8N2/c2*1-6-2-3-7-8(4-6)10-5-9-7/h2*2-5H,1H3,(H,9,10). The molecule has 2 N–H and O–H groups in total. The largest absolute Gasteiger partial charge is 0.345 e. The summed E-state index contributed by atoms with van der Waals surface area (Å²) in [6.45, 7) is 4.13. The summed E-state index contributed by atoms with van der Waals surface area (Å²) >= 11 is 0. The first-order chi connectivity index (χ1) is 9.72. The molecular weight excluding hydrogens is 248 g/mol. The first kappa shape index (κ1) is 12.4. The number of hydrogen-bond acceptors (Lipinski definition) is 2. The molecule has 0 saturated heterocycles. The molecule has 4 nitrogen and oxygen atoms in total. The molecule has 0 atom stereocenters. The van der Waals surface area contributed by atoms with E-state index in [9.17, 15) is 0 Å². The van der Waals surface area contributed by atoms with Gasteiger partial charge in [-0.15, -0.1) is 0 Å². The predicted octanol–water partition coefficient (Wildman–Crippen LogP) is 3.74. The molecule has 0 aliphatic carbocycles. The minimum Gasteiger partial charge on any atom is -0.345 e. The lowest BCUT2D eigenvalue weighted by molar-refractivity contribution is 1.34. The molecule has 2 heterocycles. The van der Waals surface area contributed by atoms with Crippen molar-refractivity contribution in [2.75, 3.05) is 0 Å². The van der Waals surface area contributed by atoms with Crippen LogP contribution >= 0.6 is 0 Å². The van der Waals surface area contributed by atoms with Crippen molar-refractivity contribution < 1.29 is 0 Å². The number of aromatic nitrogens is 4. The third-order valence-electron chi connectivity index (χ3n) is 3.15. The molecule has 2 aromatic carbocycles. The minimum atomic E-state index is 1.04. The molecule has 0 aliphatic rings. The highest BCUT2D eigenvalue weighted by atomic mass is 14.9. The normalized spacial score (nSPS) is 10.5. The summed E-state index contributed by atoms with van der Waals surface area (Å²) in [6.07, 6.45) is 3.42. The zero-order chi connectivity index (χ0) is 13.9. The molecule has 0 bridgehead atoms. The smallest absolute Gasteiger partial charge is 0.0931 e. The summed E-state index contributed by atoms with van der Waals surface area (Å²) in [5, 5.41) is 0. The van der Waals surface area contributed by atoms with E-state index in [1.807, 2.05) is 12.1 Å². The SMILES string of the molecule is Cc1ccc2[nH]cnc2c1.Cc1ccc2[nH]cnc2c1. The summed E-state index contributed by atoms with van der Waals surface area (Å²) in [5.74, 6) is 0. The Kier molecular flexibility index (Phi) is 3.21. The number of H-pyrrole nitrogens is 2. The highest BCUT2D eigenvalue weighted by molar-refractivity contribution is 5.75. The second-order valence-electron chi connectivity index (χ2n) is 4.85. The van der Waals surface area contributed by atoms with Crippen LogP contribution in [0.1, 0.15) is 11.1 Å². The van der Waals surface area contributed by atoms with E-state index in [0.29, 0.717) is 0 Å². The van der Waals surface area contributed by atoms with Gasteiger partial charge in [0.05, 0.1) is 34.7 Å². The van der Waals surface area contributed by atoms with Crippen molar-refractivity contribution >= 4 is 22.1 Å². The van der Waals surface area contributed by atoms with Crippen LogP contribution in [0.2, 0.25) is 0 Å². The molecule has 100 valence electrons. The van der Waals surface area contributed by atoms with Crippen LogP contribution in [0.25, 0.3) is 22.1 Å². The molecule has 0 unspecified atom stereocenters. The lowest BCUT2D eigenvalue weighted by atomic mass is 10.2. The van der Waals surface area contributed by atoms with Crippen LogP contribution in [0, 0.1) is 13.8 Å². The molecule has 0 saturated carbocycles. The van der Waals surface area contributed by atoms with Crippen molar-refractivity contribution in [3.8, 4) is 0 Å². The third-order valence-corrected chi connectivity index (χ3v) is 3.15. The van der Waals surface area contributed by atoms with Crippen molar-refractivity contribution in [3.63, 3.8) is 0 Å². The average Bonchev–Trinajstić information content (AvgIpc) is 3.06. The van der Waals surface area contributed by atoms with Gasteiger partial charge in [0.15, 0.2) is 0 Å². The maximum atomic E-state index is 4.12. The zero-order valence-electron chi connectivity index (χ0n) is 11.5. The molecule has 4 heteroatoms. The Morgan fingerprint density at radius 3 is 1.60 bits per heavy atom. The van der Waals surface area contributed by atoms with Crippen molar-refractivity contribution in [2.24, 2.45) is 0 Å². The highest BCUT2D eigenvalue weighted by Crippen LogP contribution is 2.10. The molecule has 20 heavy (non-hydrogen) atoms. The van der Waals surface area contributed by atoms with Gasteiger partial charge in [-0.1, -0.05) is 12.1 Å². The van der Waals surface area contributed by atoms with Gasteiger partial charge in [0.25, 0.3) is 0 Å². The number of benzene rings is 2. The lowest BCUT2D eigenvalue weighted by Gasteiger charge is -1.89. The van der Waals surface area contributed by atoms with E-state index in [1.165, 1.54) is 11.1 Å². The number of hydrogen-bond donors (Lipinski definition) is 2. The fraction of sp³-hybridized carbons (Fsp3) is 0.125. The molecule has 0 radical (unpaired) electrons. The van der Waals surface area contributed by atoms with Crippen LogP contribution in [0.5, 0.6) is 0 Å². The van der Waals surface area contributed by atoms with E-state index in [2.05, 4.69) is 58.0 Å². The molecule has 0 spiro atoms. The van der Waals surface area contributed by atoms with Crippen molar-refractivity contribution in [3.05, 3.63) is 60.2 Å². The van der Waals surface area contributed by atoms with Gasteiger partial charge in [0.1, 0.15) is 0 Å². The quantitative estimate of drug-likeness (QED) is 0.508. The Balaban J connectivity index is 0.000000121. The Hall–Kier alpha value is -2.62. The monoisotopic (exact) mass is 264 g/mol. The molecule has 0 aliphatic heterocycles. The Morgan fingerprint density at radius 2 is 1.15 bits per heavy atom. The van der Waals surface area contributed by atoms with E-state index in [4.69, 9.17) is 0 Å². The topological polar surface area (TPSA) is 57.4 Å². The van der Waals surface area contributed by atoms with Crippen LogP contribution in [0.4, 0.5) is 0 Å². The van der Waals surface area contributed by atoms with Crippen LogP contribution in [-0.2, 0) is 0 Å². The number of aryl methyl sites for hydroxylation is 2. The third kappa shape index (κ3) is 2.54. The number of rotatable bonds is 0. The number of aromatic amines is 2. The fourth-order valence-corrected chi connectivity index (χ4v) is 2.08. The summed E-state index contributed by atoms with van der Waals surface area (Å²) < 4.78 is 0. The van der Waals surface area contributed by atoms with Gasteiger partial charge in [0, 0.05) is 0 Å². The molecule has 0 fully saturated rings. The Bertz CT molecular complexity index is 770. The van der Waals surface area contributed by atoms with Crippen LogP contribution in [-0.4, -0.2) is 19.9 Å². The minimum absolute atomic E-state index is 1.04. The number of nitrogens with zero attached hydrogens (tertiary/aromatic N) is 2. The van der Waals surface area contributed by atoms with Crippen LogP contribution < -0.4 is 0 Å². The summed E-state index contributed by atoms with van der Waals surface area (Å²) in [5.41, 5.74) is 6.79. The highest BCUT2D eigenvalue weighted by Gasteiger charge is 1.93. The maximum Gasteiger partial charge on any atom is 0.0931 e. The molecule has 4 aromatic rings. The molecule has 0 amide bonds. The Morgan fingerprint density at radius 1 is 0.700 bits per heavy atom. The van der Waals surface area contributed by atoms with Crippen LogP contribution in [0.3, 0.4) is 0 Å². The van der Waals surface area contributed by atoms with Gasteiger partial charge in [-0.05, 0) is 49.2 Å². The molecular formula is C16H16N4. The number of imidazole rings is 2. The van der Waals surface area contributed by atoms with E-state index >= 15 is 0 Å². The summed E-state index contributed by atoms with van der Waals surface area (Å²) in [4.78, 5) is 14.3. The summed E-state index contributed by atoms with van der Waals surface area (Å²) in [7, 11) is 0. The van der Waals surface area contributed by atoms with Crippen molar-refractivity contribution in [1.29, 1.82) is 0 Å². The van der Waals surface area contributed by atoms with Crippen molar-refractivity contribution in [1.82, 2.24) is 19.9 Å². The van der Waals surface area contributed by atoms with Gasteiger partial charge in [0.2, 0.25) is 0 Å². The zero-order valence-corrected chi connectivity index (χ0v) is 11.5. The Labute approximate surface area is 116 Å². The molecule has 4 rings (SSSR count). The fourth-order valence-electron chi connectivity index (χ4n) is 2.08. The first-order valence-corrected chi connectivity index (χ1v) is 6.52. The van der Waals surface area contributed by atoms with Crippen molar-refractivity contribution in [2.45, 2.75) is 13.8 Å². The van der Waals surface area contributed by atoms with Gasteiger partial charge >= 0.3 is 0 Å². The van der Waals surface area contributed by atoms with Gasteiger partial charge in [-0.3, -0.25) is 0 Å². The van der Waals surface area contributed by atoms with Gasteiger partial charge in [-0.2, -0.15) is 0 Å². The maximum absolute atomic E-state index is 4.12. The van der Waals surface area contributed by atoms with E-state index in [1.54, 1.807) is 12.7 Å². The average molecular weight is 264 g/mol. The van der Waals surface area contributed by atoms with E-state index in [0.717, 1.165) is 22.1 Å². The van der Waals surface area contributed by atoms with Gasteiger partial charge < -0.3 is 9.97 Å². The second-order valence-corrected chi connectivity index (χ2v) is 4.85.